The first kappa shape index (κ1) is 20.6. The normalized spacial score (nSPS) is 14.2. The molecule has 1 aromatic carbocycles. The Kier molecular flexibility index (Phi) is 6.06. The van der Waals surface area contributed by atoms with Gasteiger partial charge >= 0.3 is 11.8 Å². The molecular weight excluding hydrogens is 368 g/mol. The lowest BCUT2D eigenvalue weighted by atomic mass is 10.1. The fourth-order valence-corrected chi connectivity index (χ4v) is 3.59. The second kappa shape index (κ2) is 8.51. The Balaban J connectivity index is 1.61. The average Bonchev–Trinajstić information content (AvgIpc) is 3.04. The molecule has 0 radical (unpaired) electrons. The fraction of sp³-hybridized carbons (Fsp3) is 0.409. The molecule has 2 aromatic rings. The molecule has 29 heavy (non-hydrogen) atoms. The van der Waals surface area contributed by atoms with Crippen LogP contribution in [0.2, 0.25) is 0 Å². The molecule has 0 spiro atoms. The number of rotatable bonds is 3. The first-order valence-electron chi connectivity index (χ1n) is 9.92. The summed E-state index contributed by atoms with van der Waals surface area (Å²) < 4.78 is 2.14. The van der Waals surface area contributed by atoms with E-state index in [2.05, 4.69) is 22.0 Å². The Morgan fingerprint density at radius 3 is 1.86 bits per heavy atom. The van der Waals surface area contributed by atoms with Crippen LogP contribution in [-0.4, -0.2) is 64.3 Å². The predicted octanol–water partition coefficient (Wildman–Crippen LogP) is 1.90. The summed E-state index contributed by atoms with van der Waals surface area (Å²) in [6, 6.07) is 11.6. The quantitative estimate of drug-likeness (QED) is 0.806. The summed E-state index contributed by atoms with van der Waals surface area (Å²) in [7, 11) is 0. The van der Waals surface area contributed by atoms with Crippen molar-refractivity contribution in [1.82, 2.24) is 19.7 Å². The highest BCUT2D eigenvalue weighted by atomic mass is 16.2. The number of aromatic nitrogens is 1. The Morgan fingerprint density at radius 2 is 1.34 bits per heavy atom. The zero-order valence-electron chi connectivity index (χ0n) is 17.4. The van der Waals surface area contributed by atoms with Gasteiger partial charge in [0.25, 0.3) is 5.91 Å². The number of hydrogen-bond donors (Lipinski definition) is 1. The maximum absolute atomic E-state index is 12.8. The largest absolute Gasteiger partial charge is 0.346 e. The minimum Gasteiger partial charge on any atom is -0.346 e. The molecule has 7 heteroatoms. The molecule has 0 bridgehead atoms. The van der Waals surface area contributed by atoms with Gasteiger partial charge in [-0.25, -0.2) is 0 Å². The number of amides is 3. The maximum Gasteiger partial charge on any atom is 0.312 e. The van der Waals surface area contributed by atoms with Crippen LogP contribution >= 0.6 is 0 Å². The van der Waals surface area contributed by atoms with Crippen molar-refractivity contribution in [3.05, 3.63) is 53.3 Å². The van der Waals surface area contributed by atoms with Gasteiger partial charge in [-0.05, 0) is 64.1 Å². The van der Waals surface area contributed by atoms with Gasteiger partial charge in [0.2, 0.25) is 0 Å². The third kappa shape index (κ3) is 4.50. The molecule has 0 atom stereocenters. The Bertz CT molecular complexity index is 887. The fourth-order valence-electron chi connectivity index (χ4n) is 3.59. The number of nitrogens with zero attached hydrogens (tertiary/aromatic N) is 3. The van der Waals surface area contributed by atoms with Gasteiger partial charge in [0.05, 0.1) is 0 Å². The van der Waals surface area contributed by atoms with Crippen molar-refractivity contribution in [2.24, 2.45) is 0 Å². The first-order chi connectivity index (χ1) is 13.8. The van der Waals surface area contributed by atoms with E-state index in [9.17, 15) is 14.4 Å². The zero-order valence-corrected chi connectivity index (χ0v) is 17.4. The van der Waals surface area contributed by atoms with Gasteiger partial charge in [-0.2, -0.15) is 0 Å². The second-order valence-electron chi connectivity index (χ2n) is 7.71. The first-order valence-corrected chi connectivity index (χ1v) is 9.92. The van der Waals surface area contributed by atoms with E-state index < -0.39 is 11.8 Å². The second-order valence-corrected chi connectivity index (χ2v) is 7.71. The molecule has 3 amide bonds. The zero-order chi connectivity index (χ0) is 21.1. The van der Waals surface area contributed by atoms with E-state index in [1.807, 2.05) is 52.0 Å². The van der Waals surface area contributed by atoms with Crippen LogP contribution < -0.4 is 5.32 Å². The van der Waals surface area contributed by atoms with Crippen LogP contribution in [0.3, 0.4) is 0 Å². The van der Waals surface area contributed by atoms with Gasteiger partial charge in [0.1, 0.15) is 0 Å². The van der Waals surface area contributed by atoms with E-state index in [-0.39, 0.29) is 11.9 Å². The molecule has 154 valence electrons. The molecule has 1 fully saturated rings. The number of carbonyl (C=O) groups is 3. The Morgan fingerprint density at radius 1 is 0.828 bits per heavy atom. The molecule has 1 aliphatic rings. The van der Waals surface area contributed by atoms with Crippen LogP contribution in [0.15, 0.2) is 36.4 Å². The van der Waals surface area contributed by atoms with E-state index in [0.29, 0.717) is 31.7 Å². The average molecular weight is 396 g/mol. The molecule has 1 N–H and O–H groups in total. The Labute approximate surface area is 171 Å². The van der Waals surface area contributed by atoms with Crippen molar-refractivity contribution in [3.8, 4) is 5.69 Å². The Hall–Kier alpha value is -3.09. The lowest BCUT2D eigenvalue weighted by Gasteiger charge is -2.34. The summed E-state index contributed by atoms with van der Waals surface area (Å²) in [6.45, 7) is 9.26. The molecular formula is C22H28N4O3. The van der Waals surface area contributed by atoms with Gasteiger partial charge in [0, 0.05) is 54.9 Å². The van der Waals surface area contributed by atoms with E-state index in [4.69, 9.17) is 0 Å². The molecule has 1 saturated heterocycles. The van der Waals surface area contributed by atoms with Crippen LogP contribution in [-0.2, 0) is 9.59 Å². The molecule has 2 heterocycles. The van der Waals surface area contributed by atoms with Gasteiger partial charge < -0.3 is 19.7 Å². The topological polar surface area (TPSA) is 74.7 Å². The summed E-state index contributed by atoms with van der Waals surface area (Å²) in [5.41, 5.74) is 3.93. The van der Waals surface area contributed by atoms with Crippen LogP contribution in [0.4, 0.5) is 0 Å². The summed E-state index contributed by atoms with van der Waals surface area (Å²) in [4.78, 5) is 40.1. The number of carbonyl (C=O) groups excluding carboxylic acids is 3. The standard InChI is InChI=1S/C22H28N4O3/c1-15(2)23-20(27)22(29)25-13-11-24(12-14-25)21(28)18-7-9-19(10-8-18)26-16(3)5-6-17(26)4/h5-10,15H,11-14H2,1-4H3,(H,23,27). The van der Waals surface area contributed by atoms with Gasteiger partial charge in [-0.1, -0.05) is 0 Å². The molecule has 0 saturated carbocycles. The van der Waals surface area contributed by atoms with Crippen LogP contribution in [0.5, 0.6) is 0 Å². The highest BCUT2D eigenvalue weighted by Crippen LogP contribution is 2.18. The molecule has 0 unspecified atom stereocenters. The van der Waals surface area contributed by atoms with Crippen molar-refractivity contribution in [1.29, 1.82) is 0 Å². The summed E-state index contributed by atoms with van der Waals surface area (Å²) in [5, 5.41) is 2.61. The summed E-state index contributed by atoms with van der Waals surface area (Å²) in [5.74, 6) is -1.19. The third-order valence-electron chi connectivity index (χ3n) is 5.11. The summed E-state index contributed by atoms with van der Waals surface area (Å²) in [6.07, 6.45) is 0. The van der Waals surface area contributed by atoms with Crippen LogP contribution in [0.1, 0.15) is 35.6 Å². The van der Waals surface area contributed by atoms with Crippen molar-refractivity contribution >= 4 is 17.7 Å². The van der Waals surface area contributed by atoms with Crippen molar-refractivity contribution in [2.45, 2.75) is 33.7 Å². The predicted molar refractivity (Wildman–Crippen MR) is 111 cm³/mol. The monoisotopic (exact) mass is 396 g/mol. The number of hydrogen-bond acceptors (Lipinski definition) is 3. The van der Waals surface area contributed by atoms with Crippen LogP contribution in [0, 0.1) is 13.8 Å². The third-order valence-corrected chi connectivity index (χ3v) is 5.11. The van der Waals surface area contributed by atoms with Crippen molar-refractivity contribution in [3.63, 3.8) is 0 Å². The highest BCUT2D eigenvalue weighted by molar-refractivity contribution is 6.35. The van der Waals surface area contributed by atoms with E-state index in [1.165, 1.54) is 4.90 Å². The number of benzene rings is 1. The van der Waals surface area contributed by atoms with Crippen molar-refractivity contribution < 1.29 is 14.4 Å². The molecule has 1 aliphatic heterocycles. The van der Waals surface area contributed by atoms with Crippen LogP contribution in [0.25, 0.3) is 5.69 Å². The molecule has 3 rings (SSSR count). The lowest BCUT2D eigenvalue weighted by Crippen LogP contribution is -2.54. The summed E-state index contributed by atoms with van der Waals surface area (Å²) >= 11 is 0. The van der Waals surface area contributed by atoms with Crippen molar-refractivity contribution in [2.75, 3.05) is 26.2 Å². The number of piperazine rings is 1. The van der Waals surface area contributed by atoms with Gasteiger partial charge in [-0.15, -0.1) is 0 Å². The minimum atomic E-state index is -0.592. The lowest BCUT2D eigenvalue weighted by molar-refractivity contribution is -0.147. The van der Waals surface area contributed by atoms with E-state index >= 15 is 0 Å². The molecule has 0 aliphatic carbocycles. The minimum absolute atomic E-state index is 0.0590. The number of nitrogens with one attached hydrogen (secondary N) is 1. The van der Waals surface area contributed by atoms with Gasteiger partial charge in [-0.3, -0.25) is 14.4 Å². The van der Waals surface area contributed by atoms with E-state index in [1.54, 1.807) is 4.90 Å². The van der Waals surface area contributed by atoms with E-state index in [0.717, 1.165) is 17.1 Å². The number of aryl methyl sites for hydroxylation is 2. The smallest absolute Gasteiger partial charge is 0.312 e. The molecule has 1 aromatic heterocycles. The molecule has 7 nitrogen and oxygen atoms in total. The maximum atomic E-state index is 12.8. The highest BCUT2D eigenvalue weighted by Gasteiger charge is 2.28. The SMILES string of the molecule is Cc1ccc(C)n1-c1ccc(C(=O)N2CCN(C(=O)C(=O)NC(C)C)CC2)cc1. The van der Waals surface area contributed by atoms with Gasteiger partial charge in [0.15, 0.2) is 0 Å².